The van der Waals surface area contributed by atoms with Gasteiger partial charge in [-0.3, -0.25) is 4.79 Å². The van der Waals surface area contributed by atoms with Crippen LogP contribution in [-0.4, -0.2) is 24.2 Å². The third-order valence-corrected chi connectivity index (χ3v) is 5.80. The number of nitrogens with zero attached hydrogens (tertiary/aromatic N) is 2. The molecule has 0 saturated carbocycles. The van der Waals surface area contributed by atoms with Crippen molar-refractivity contribution in [1.82, 2.24) is 0 Å². The van der Waals surface area contributed by atoms with Gasteiger partial charge in [-0.2, -0.15) is 0 Å². The molecule has 4 heteroatoms. The molecule has 0 aromatic heterocycles. The summed E-state index contributed by atoms with van der Waals surface area (Å²) in [6.45, 7) is 18.4. The number of allylic oxidation sites excluding steroid dienone is 2. The van der Waals surface area contributed by atoms with Crippen LogP contribution in [0.25, 0.3) is 10.9 Å². The maximum Gasteiger partial charge on any atom is 0.333 e. The first-order valence-electron chi connectivity index (χ1n) is 9.09. The zero-order chi connectivity index (χ0) is 19.1. The largest absolute Gasteiger partial charge is 0.486 e. The molecule has 0 aliphatic carbocycles. The summed E-state index contributed by atoms with van der Waals surface area (Å²) < 4.78 is 0. The third-order valence-electron chi connectivity index (χ3n) is 5.80. The fourth-order valence-electron chi connectivity index (χ4n) is 3.97. The Hall–Kier alpha value is -2.54. The van der Waals surface area contributed by atoms with Gasteiger partial charge in [0.1, 0.15) is 0 Å². The third kappa shape index (κ3) is 3.14. The number of benzene rings is 1. The molecular formula is C22H26N2O2. The average Bonchev–Trinajstić information content (AvgIpc) is 2.57. The molecule has 26 heavy (non-hydrogen) atoms. The highest BCUT2D eigenvalue weighted by atomic mass is 16.4. The molecule has 0 saturated heterocycles. The summed E-state index contributed by atoms with van der Waals surface area (Å²) in [5.41, 5.74) is 5.19. The lowest BCUT2D eigenvalue weighted by molar-refractivity contribution is -0.132. The van der Waals surface area contributed by atoms with Gasteiger partial charge in [0.2, 0.25) is 0 Å². The maximum atomic E-state index is 11.0. The normalized spacial score (nSPS) is 20.6. The number of hydrogen-bond donors (Lipinski definition) is 1. The molecule has 0 amide bonds. The van der Waals surface area contributed by atoms with Gasteiger partial charge in [0, 0.05) is 18.8 Å². The number of carbonyl (C=O) groups is 1. The van der Waals surface area contributed by atoms with E-state index < -0.39 is 5.97 Å². The molecule has 0 bridgehead atoms. The van der Waals surface area contributed by atoms with Crippen LogP contribution in [0.4, 0.5) is 5.69 Å². The van der Waals surface area contributed by atoms with Gasteiger partial charge in [0.05, 0.1) is 6.57 Å². The van der Waals surface area contributed by atoms with Gasteiger partial charge in [-0.1, -0.05) is 39.8 Å². The van der Waals surface area contributed by atoms with Gasteiger partial charge in [0.25, 0.3) is 5.70 Å². The number of rotatable bonds is 3. The molecular weight excluding hydrogens is 324 g/mol. The first-order chi connectivity index (χ1) is 12.2. The van der Waals surface area contributed by atoms with Crippen LogP contribution < -0.4 is 4.90 Å². The van der Waals surface area contributed by atoms with Crippen molar-refractivity contribution in [3.05, 3.63) is 58.1 Å². The lowest BCUT2D eigenvalue weighted by Gasteiger charge is -2.48. The summed E-state index contributed by atoms with van der Waals surface area (Å²) in [5.74, 6) is -1.19. The van der Waals surface area contributed by atoms with Crippen molar-refractivity contribution in [2.75, 3.05) is 18.0 Å². The fourth-order valence-corrected chi connectivity index (χ4v) is 3.97. The molecule has 1 aromatic rings. The van der Waals surface area contributed by atoms with E-state index in [2.05, 4.69) is 49.6 Å². The van der Waals surface area contributed by atoms with Crippen LogP contribution in [0.3, 0.4) is 0 Å². The summed E-state index contributed by atoms with van der Waals surface area (Å²) in [5, 5.41) is 8.96. The number of aliphatic carboxylic acids is 1. The lowest BCUT2D eigenvalue weighted by Crippen LogP contribution is -2.44. The van der Waals surface area contributed by atoms with Crippen molar-refractivity contribution in [3.8, 4) is 0 Å². The molecule has 1 aromatic carbocycles. The van der Waals surface area contributed by atoms with Crippen LogP contribution in [0, 0.1) is 6.57 Å². The van der Waals surface area contributed by atoms with Crippen molar-refractivity contribution < 1.29 is 9.90 Å². The van der Waals surface area contributed by atoms with Gasteiger partial charge < -0.3 is 10.0 Å². The van der Waals surface area contributed by atoms with Gasteiger partial charge >= 0.3 is 5.97 Å². The van der Waals surface area contributed by atoms with E-state index in [-0.39, 0.29) is 16.5 Å². The second kappa shape index (κ2) is 6.32. The van der Waals surface area contributed by atoms with Crippen molar-refractivity contribution in [2.24, 2.45) is 0 Å². The van der Waals surface area contributed by atoms with E-state index in [1.54, 1.807) is 6.08 Å². The van der Waals surface area contributed by atoms with E-state index in [1.807, 2.05) is 6.08 Å². The SMILES string of the molecule is [C-]#[N+]/C(=C\C=C\c1cc2c3c(c1)C(C)(C)CCN3CCC2(C)C)C(=O)O. The zero-order valence-electron chi connectivity index (χ0n) is 16.0. The summed E-state index contributed by atoms with van der Waals surface area (Å²) in [7, 11) is 0. The lowest BCUT2D eigenvalue weighted by atomic mass is 9.69. The second-order valence-electron chi connectivity index (χ2n) is 8.55. The zero-order valence-corrected chi connectivity index (χ0v) is 16.0. The van der Waals surface area contributed by atoms with Gasteiger partial charge in [-0.15, -0.1) is 0 Å². The van der Waals surface area contributed by atoms with E-state index >= 15 is 0 Å². The molecule has 0 spiro atoms. The topological polar surface area (TPSA) is 44.9 Å². The van der Waals surface area contributed by atoms with E-state index in [1.165, 1.54) is 22.9 Å². The highest BCUT2D eigenvalue weighted by Gasteiger charge is 2.39. The Bertz CT molecular complexity index is 812. The van der Waals surface area contributed by atoms with Gasteiger partial charge in [-0.05, 0) is 58.6 Å². The van der Waals surface area contributed by atoms with Crippen molar-refractivity contribution in [2.45, 2.75) is 51.4 Å². The van der Waals surface area contributed by atoms with Crippen LogP contribution in [0.15, 0.2) is 30.0 Å². The Labute approximate surface area is 155 Å². The quantitative estimate of drug-likeness (QED) is 0.486. The van der Waals surface area contributed by atoms with Gasteiger partial charge in [0.15, 0.2) is 0 Å². The van der Waals surface area contributed by atoms with Crippen molar-refractivity contribution >= 4 is 17.7 Å². The molecule has 0 atom stereocenters. The van der Waals surface area contributed by atoms with Crippen molar-refractivity contribution in [3.63, 3.8) is 0 Å². The minimum Gasteiger partial charge on any atom is -0.486 e. The maximum absolute atomic E-state index is 11.0. The standard InChI is InChI=1S/C22H26N2O2/c1-21(2)9-11-24-12-10-22(3,4)17-14-15(13-16(21)19(17)24)7-6-8-18(23-5)20(25)26/h6-8,13-14H,9-12H2,1-4H3,(H,25,26)/b7-6+,18-8-. The van der Waals surface area contributed by atoms with Crippen molar-refractivity contribution in [1.29, 1.82) is 0 Å². The van der Waals surface area contributed by atoms with Crippen LogP contribution in [0.1, 0.15) is 57.2 Å². The van der Waals surface area contributed by atoms with E-state index in [4.69, 9.17) is 11.7 Å². The summed E-state index contributed by atoms with van der Waals surface area (Å²) in [6.07, 6.45) is 7.20. The number of carboxylic acids is 1. The molecule has 2 aliphatic rings. The molecule has 0 fully saturated rings. The molecule has 1 N–H and O–H groups in total. The Kier molecular flexibility index (Phi) is 4.44. The minimum atomic E-state index is -1.19. The highest BCUT2D eigenvalue weighted by molar-refractivity contribution is 5.89. The number of hydrogen-bond acceptors (Lipinski definition) is 2. The van der Waals surface area contributed by atoms with Crippen LogP contribution in [0.2, 0.25) is 0 Å². The first kappa shape index (κ1) is 18.3. The summed E-state index contributed by atoms with van der Waals surface area (Å²) >= 11 is 0. The minimum absolute atomic E-state index is 0.121. The average molecular weight is 350 g/mol. The number of carboxylic acid groups (broad SMARTS) is 1. The van der Waals surface area contributed by atoms with Crippen LogP contribution in [0.5, 0.6) is 0 Å². The summed E-state index contributed by atoms with van der Waals surface area (Å²) in [6, 6.07) is 4.46. The molecule has 136 valence electrons. The number of anilines is 1. The van der Waals surface area contributed by atoms with Crippen LogP contribution in [-0.2, 0) is 15.6 Å². The van der Waals surface area contributed by atoms with Gasteiger partial charge in [-0.25, -0.2) is 4.85 Å². The molecule has 4 nitrogen and oxygen atoms in total. The van der Waals surface area contributed by atoms with E-state index in [0.29, 0.717) is 0 Å². The smallest absolute Gasteiger partial charge is 0.333 e. The molecule has 2 aliphatic heterocycles. The van der Waals surface area contributed by atoms with E-state index in [9.17, 15) is 4.79 Å². The van der Waals surface area contributed by atoms with Crippen LogP contribution >= 0.6 is 0 Å². The summed E-state index contributed by atoms with van der Waals surface area (Å²) in [4.78, 5) is 16.5. The Balaban J connectivity index is 2.10. The monoisotopic (exact) mass is 350 g/mol. The second-order valence-corrected chi connectivity index (χ2v) is 8.55. The molecule has 0 radical (unpaired) electrons. The highest BCUT2D eigenvalue weighted by Crippen LogP contribution is 2.49. The molecule has 2 heterocycles. The predicted octanol–water partition coefficient (Wildman–Crippen LogP) is 4.76. The molecule has 3 rings (SSSR count). The molecule has 0 unspecified atom stereocenters. The predicted molar refractivity (Wildman–Crippen MR) is 105 cm³/mol. The van der Waals surface area contributed by atoms with E-state index in [0.717, 1.165) is 31.5 Å². The first-order valence-corrected chi connectivity index (χ1v) is 9.09. The Morgan fingerprint density at radius 3 is 2.15 bits per heavy atom. The Morgan fingerprint density at radius 2 is 1.69 bits per heavy atom. The fraction of sp³-hybridized carbons (Fsp3) is 0.455. The Morgan fingerprint density at radius 1 is 1.15 bits per heavy atom.